The first-order chi connectivity index (χ1) is 6.87. The fraction of sp³-hybridized carbons (Fsp3) is 0.222. The molecule has 1 rings (SSSR count). The van der Waals surface area contributed by atoms with Crippen molar-refractivity contribution in [2.24, 2.45) is 0 Å². The molecule has 0 aliphatic heterocycles. The first-order valence-electron chi connectivity index (χ1n) is 4.05. The van der Waals surface area contributed by atoms with Crippen molar-refractivity contribution in [3.05, 3.63) is 34.9 Å². The molecule has 0 bridgehead atoms. The van der Waals surface area contributed by atoms with Crippen molar-refractivity contribution in [2.75, 3.05) is 5.75 Å². The van der Waals surface area contributed by atoms with Crippen molar-refractivity contribution in [3.63, 3.8) is 0 Å². The number of halogens is 2. The highest BCUT2D eigenvalue weighted by Gasteiger charge is 2.14. The second kappa shape index (κ2) is 4.72. The molecule has 0 N–H and O–H groups in total. The highest BCUT2D eigenvalue weighted by Crippen LogP contribution is 2.10. The van der Waals surface area contributed by atoms with Crippen LogP contribution in [0.15, 0.2) is 24.3 Å². The Labute approximate surface area is 92.1 Å². The maximum absolute atomic E-state index is 12.1. The van der Waals surface area contributed by atoms with E-state index in [0.29, 0.717) is 10.6 Å². The van der Waals surface area contributed by atoms with Gasteiger partial charge < -0.3 is 0 Å². The lowest BCUT2D eigenvalue weighted by molar-refractivity contribution is -0.116. The van der Waals surface area contributed by atoms with Crippen molar-refractivity contribution in [1.29, 1.82) is 0 Å². The molecule has 15 heavy (non-hydrogen) atoms. The van der Waals surface area contributed by atoms with E-state index in [1.165, 1.54) is 0 Å². The molecule has 0 unspecified atom stereocenters. The predicted molar refractivity (Wildman–Crippen MR) is 55.1 cm³/mol. The van der Waals surface area contributed by atoms with Crippen molar-refractivity contribution >= 4 is 27.6 Å². The standard InChI is InChI=1S/C9H8ClFO3S/c10-8-3-1-7(2-4-8)5-9(12)6-15(11,13)14/h1-4H,5-6H2. The molecule has 0 heterocycles. The highest BCUT2D eigenvalue weighted by molar-refractivity contribution is 7.87. The van der Waals surface area contributed by atoms with Gasteiger partial charge in [-0.15, -0.1) is 3.89 Å². The summed E-state index contributed by atoms with van der Waals surface area (Å²) in [6.07, 6.45) is -0.111. The van der Waals surface area contributed by atoms with Gasteiger partial charge in [-0.1, -0.05) is 23.7 Å². The summed E-state index contributed by atoms with van der Waals surface area (Å²) in [5.74, 6) is -1.75. The number of hydrogen-bond donors (Lipinski definition) is 0. The van der Waals surface area contributed by atoms with Gasteiger partial charge in [-0.05, 0) is 17.7 Å². The molecule has 82 valence electrons. The van der Waals surface area contributed by atoms with Gasteiger partial charge in [0, 0.05) is 11.4 Å². The molecule has 3 nitrogen and oxygen atoms in total. The second-order valence-corrected chi connectivity index (χ2v) is 4.83. The molecule has 1 aromatic carbocycles. The monoisotopic (exact) mass is 250 g/mol. The topological polar surface area (TPSA) is 51.2 Å². The number of benzene rings is 1. The Bertz CT molecular complexity index is 453. The van der Waals surface area contributed by atoms with Crippen LogP contribution in [0.4, 0.5) is 3.89 Å². The molecule has 0 aliphatic carbocycles. The highest BCUT2D eigenvalue weighted by atomic mass is 35.5. The summed E-state index contributed by atoms with van der Waals surface area (Å²) in [5, 5.41) is 0.518. The van der Waals surface area contributed by atoms with E-state index in [-0.39, 0.29) is 6.42 Å². The molecule has 0 radical (unpaired) electrons. The molecule has 0 saturated heterocycles. The van der Waals surface area contributed by atoms with E-state index in [4.69, 9.17) is 11.6 Å². The molecule has 1 aromatic rings. The molecule has 0 fully saturated rings. The summed E-state index contributed by atoms with van der Waals surface area (Å²) < 4.78 is 32.5. The number of rotatable bonds is 4. The summed E-state index contributed by atoms with van der Waals surface area (Å²) in [6.45, 7) is 0. The van der Waals surface area contributed by atoms with Crippen LogP contribution in [-0.2, 0) is 21.4 Å². The molecule has 0 aromatic heterocycles. The molecule has 0 spiro atoms. The lowest BCUT2D eigenvalue weighted by atomic mass is 10.1. The van der Waals surface area contributed by atoms with Crippen LogP contribution < -0.4 is 0 Å². The van der Waals surface area contributed by atoms with Crippen LogP contribution in [-0.4, -0.2) is 20.0 Å². The number of carbonyl (C=O) groups excluding carboxylic acids is 1. The Morgan fingerprint density at radius 3 is 2.27 bits per heavy atom. The van der Waals surface area contributed by atoms with Crippen LogP contribution in [0, 0.1) is 0 Å². The van der Waals surface area contributed by atoms with Gasteiger partial charge in [-0.3, -0.25) is 4.79 Å². The third-order valence-electron chi connectivity index (χ3n) is 1.65. The third-order valence-corrected chi connectivity index (χ3v) is 2.57. The maximum Gasteiger partial charge on any atom is 0.309 e. The molecule has 0 saturated carbocycles. The van der Waals surface area contributed by atoms with Gasteiger partial charge in [-0.25, -0.2) is 0 Å². The summed E-state index contributed by atoms with van der Waals surface area (Å²) in [7, 11) is -4.73. The minimum absolute atomic E-state index is 0.111. The van der Waals surface area contributed by atoms with Crippen LogP contribution >= 0.6 is 11.6 Å². The van der Waals surface area contributed by atoms with E-state index in [9.17, 15) is 17.1 Å². The second-order valence-electron chi connectivity index (χ2n) is 3.03. The lowest BCUT2D eigenvalue weighted by Gasteiger charge is -1.99. The van der Waals surface area contributed by atoms with Crippen LogP contribution in [0.25, 0.3) is 0 Å². The van der Waals surface area contributed by atoms with Gasteiger partial charge in [-0.2, -0.15) is 8.42 Å². The number of ketones is 1. The van der Waals surface area contributed by atoms with Crippen LogP contribution in [0.5, 0.6) is 0 Å². The third kappa shape index (κ3) is 4.90. The van der Waals surface area contributed by atoms with E-state index in [1.54, 1.807) is 24.3 Å². The quantitative estimate of drug-likeness (QED) is 0.765. The van der Waals surface area contributed by atoms with Gasteiger partial charge in [0.1, 0.15) is 5.75 Å². The van der Waals surface area contributed by atoms with Crippen LogP contribution in [0.2, 0.25) is 5.02 Å². The molecule has 6 heteroatoms. The summed E-state index contributed by atoms with van der Waals surface area (Å²) in [5.41, 5.74) is 0.605. The van der Waals surface area contributed by atoms with Gasteiger partial charge in [0.2, 0.25) is 0 Å². The van der Waals surface area contributed by atoms with E-state index < -0.39 is 21.8 Å². The van der Waals surface area contributed by atoms with Gasteiger partial charge in [0.05, 0.1) is 0 Å². The van der Waals surface area contributed by atoms with E-state index in [2.05, 4.69) is 0 Å². The van der Waals surface area contributed by atoms with Crippen LogP contribution in [0.3, 0.4) is 0 Å². The van der Waals surface area contributed by atoms with E-state index in [1.807, 2.05) is 0 Å². The largest absolute Gasteiger partial charge is 0.309 e. The Kier molecular flexibility index (Phi) is 3.82. The SMILES string of the molecule is O=C(Cc1ccc(Cl)cc1)CS(=O)(=O)F. The first kappa shape index (κ1) is 12.1. The van der Waals surface area contributed by atoms with Crippen molar-refractivity contribution < 1.29 is 17.1 Å². The molecular formula is C9H8ClFO3S. The Balaban J connectivity index is 2.63. The summed E-state index contributed by atoms with van der Waals surface area (Å²) in [4.78, 5) is 11.1. The molecule has 0 atom stereocenters. The van der Waals surface area contributed by atoms with Gasteiger partial charge in [0.25, 0.3) is 0 Å². The van der Waals surface area contributed by atoms with Crippen LogP contribution in [0.1, 0.15) is 5.56 Å². The minimum Gasteiger partial charge on any atom is -0.298 e. The number of carbonyl (C=O) groups is 1. The zero-order valence-corrected chi connectivity index (χ0v) is 9.18. The average Bonchev–Trinajstić information content (AvgIpc) is 2.05. The summed E-state index contributed by atoms with van der Waals surface area (Å²) in [6, 6.07) is 6.33. The molecule has 0 aliphatic rings. The lowest BCUT2D eigenvalue weighted by Crippen LogP contribution is -2.14. The van der Waals surface area contributed by atoms with E-state index in [0.717, 1.165) is 0 Å². The minimum atomic E-state index is -4.73. The Morgan fingerprint density at radius 2 is 1.80 bits per heavy atom. The zero-order chi connectivity index (χ0) is 11.5. The normalized spacial score (nSPS) is 11.3. The Morgan fingerprint density at radius 1 is 1.27 bits per heavy atom. The summed E-state index contributed by atoms with van der Waals surface area (Å²) >= 11 is 5.61. The molecule has 0 amide bonds. The Hall–Kier alpha value is -0.940. The maximum atomic E-state index is 12.1. The fourth-order valence-corrected chi connectivity index (χ4v) is 1.69. The van der Waals surface area contributed by atoms with Crippen molar-refractivity contribution in [2.45, 2.75) is 6.42 Å². The first-order valence-corrected chi connectivity index (χ1v) is 5.98. The zero-order valence-electron chi connectivity index (χ0n) is 7.61. The van der Waals surface area contributed by atoms with Gasteiger partial charge >= 0.3 is 10.2 Å². The average molecular weight is 251 g/mol. The number of Topliss-reactive ketones (excluding diaryl/α,β-unsaturated/α-hetero) is 1. The van der Waals surface area contributed by atoms with Crippen molar-refractivity contribution in [1.82, 2.24) is 0 Å². The molecular weight excluding hydrogens is 243 g/mol. The van der Waals surface area contributed by atoms with Crippen molar-refractivity contribution in [3.8, 4) is 0 Å². The fourth-order valence-electron chi connectivity index (χ4n) is 1.07. The number of hydrogen-bond acceptors (Lipinski definition) is 3. The van der Waals surface area contributed by atoms with Gasteiger partial charge in [0.15, 0.2) is 5.78 Å². The predicted octanol–water partition coefficient (Wildman–Crippen LogP) is 1.75. The van der Waals surface area contributed by atoms with E-state index >= 15 is 0 Å². The smallest absolute Gasteiger partial charge is 0.298 e.